The third-order valence-corrected chi connectivity index (χ3v) is 5.05. The van der Waals surface area contributed by atoms with Crippen molar-refractivity contribution in [2.75, 3.05) is 25.4 Å². The number of nitrogens with zero attached hydrogens (tertiary/aromatic N) is 1. The molecule has 1 rings (SSSR count). The summed E-state index contributed by atoms with van der Waals surface area (Å²) in [4.78, 5) is 11.0. The van der Waals surface area contributed by atoms with Crippen molar-refractivity contribution >= 4 is 56.1 Å². The zero-order chi connectivity index (χ0) is 15.3. The van der Waals surface area contributed by atoms with E-state index in [0.29, 0.717) is 14.3 Å². The van der Waals surface area contributed by atoms with Gasteiger partial charge in [-0.25, -0.2) is 0 Å². The molecule has 0 aliphatic carbocycles. The molecule has 1 aromatic rings. The van der Waals surface area contributed by atoms with Crippen LogP contribution in [0.1, 0.15) is 6.42 Å². The molecular weight excluding hydrogens is 419 g/mol. The maximum Gasteiger partial charge on any atom is 0.306 e. The lowest BCUT2D eigenvalue weighted by atomic mass is 10.3. The number of hydrogen-bond acceptors (Lipinski definition) is 4. The van der Waals surface area contributed by atoms with Crippen molar-refractivity contribution in [1.29, 1.82) is 0 Å². The van der Waals surface area contributed by atoms with Gasteiger partial charge in [0, 0.05) is 22.2 Å². The first-order chi connectivity index (χ1) is 9.26. The summed E-state index contributed by atoms with van der Waals surface area (Å²) in [7, 11) is -1.09. The van der Waals surface area contributed by atoms with Gasteiger partial charge in [0.05, 0.1) is 19.2 Å². The summed E-state index contributed by atoms with van der Waals surface area (Å²) in [5.41, 5.74) is 0.430. The van der Waals surface area contributed by atoms with Gasteiger partial charge in [0.15, 0.2) is 0 Å². The number of benzene rings is 1. The van der Waals surface area contributed by atoms with Crippen LogP contribution in [0.5, 0.6) is 0 Å². The third-order valence-electron chi connectivity index (χ3n) is 2.44. The largest absolute Gasteiger partial charge is 0.469 e. The van der Waals surface area contributed by atoms with E-state index in [9.17, 15) is 13.2 Å². The van der Waals surface area contributed by atoms with Crippen LogP contribution in [-0.4, -0.2) is 39.4 Å². The standard InChI is InChI=1S/C11H14ClIN2O4S/c1-15(6-5-11(16)19-2)20(17,18)14-10-4-3-8(12)7-9(10)13/h3-4,7,14H,5-6H2,1-2H3. The van der Waals surface area contributed by atoms with E-state index in [1.54, 1.807) is 18.2 Å². The Morgan fingerprint density at radius 3 is 2.70 bits per heavy atom. The van der Waals surface area contributed by atoms with Crippen molar-refractivity contribution in [3.63, 3.8) is 0 Å². The molecule has 0 heterocycles. The normalized spacial score (nSPS) is 11.4. The van der Waals surface area contributed by atoms with E-state index < -0.39 is 16.2 Å². The van der Waals surface area contributed by atoms with Crippen molar-refractivity contribution in [3.8, 4) is 0 Å². The molecule has 0 aliphatic heterocycles. The van der Waals surface area contributed by atoms with Crippen molar-refractivity contribution in [2.45, 2.75) is 6.42 Å². The molecular formula is C11H14ClIN2O4S. The molecule has 0 aromatic heterocycles. The molecule has 0 fully saturated rings. The summed E-state index contributed by atoms with van der Waals surface area (Å²) in [6.07, 6.45) is -0.00831. The zero-order valence-corrected chi connectivity index (χ0v) is 14.6. The van der Waals surface area contributed by atoms with Crippen LogP contribution in [0.3, 0.4) is 0 Å². The Bertz CT molecular complexity index is 594. The summed E-state index contributed by atoms with van der Waals surface area (Å²) in [6.45, 7) is 0.0339. The minimum Gasteiger partial charge on any atom is -0.469 e. The molecule has 0 saturated carbocycles. The number of esters is 1. The smallest absolute Gasteiger partial charge is 0.306 e. The molecule has 6 nitrogen and oxygen atoms in total. The van der Waals surface area contributed by atoms with Gasteiger partial charge in [-0.2, -0.15) is 12.7 Å². The van der Waals surface area contributed by atoms with Gasteiger partial charge in [-0.05, 0) is 40.8 Å². The fourth-order valence-corrected chi connectivity index (χ4v) is 3.39. The second kappa shape index (κ2) is 7.43. The molecule has 0 radical (unpaired) electrons. The van der Waals surface area contributed by atoms with Crippen molar-refractivity contribution in [2.24, 2.45) is 0 Å². The highest BCUT2D eigenvalue weighted by molar-refractivity contribution is 14.1. The van der Waals surface area contributed by atoms with Crippen LogP contribution in [0, 0.1) is 3.57 Å². The lowest BCUT2D eigenvalue weighted by Gasteiger charge is -2.18. The molecule has 0 aliphatic rings. The van der Waals surface area contributed by atoms with Crippen LogP contribution in [0.25, 0.3) is 0 Å². The summed E-state index contributed by atoms with van der Waals surface area (Å²) >= 11 is 7.79. The van der Waals surface area contributed by atoms with E-state index >= 15 is 0 Å². The molecule has 0 unspecified atom stereocenters. The first-order valence-electron chi connectivity index (χ1n) is 5.52. The molecule has 0 saturated heterocycles. The van der Waals surface area contributed by atoms with Crippen LogP contribution in [-0.2, 0) is 19.7 Å². The van der Waals surface area contributed by atoms with Gasteiger partial charge in [-0.3, -0.25) is 9.52 Å². The second-order valence-corrected chi connectivity index (χ2v) is 7.26. The molecule has 0 atom stereocenters. The highest BCUT2D eigenvalue weighted by atomic mass is 127. The van der Waals surface area contributed by atoms with E-state index in [4.69, 9.17) is 11.6 Å². The number of halogens is 2. The molecule has 1 N–H and O–H groups in total. The number of hydrogen-bond donors (Lipinski definition) is 1. The minimum absolute atomic E-state index is 0.00831. The molecule has 0 bridgehead atoms. The number of rotatable bonds is 6. The maximum atomic E-state index is 12.1. The van der Waals surface area contributed by atoms with Gasteiger partial charge < -0.3 is 4.74 Å². The van der Waals surface area contributed by atoms with Crippen LogP contribution in [0.15, 0.2) is 18.2 Å². The molecule has 112 valence electrons. The van der Waals surface area contributed by atoms with Gasteiger partial charge in [-0.1, -0.05) is 11.6 Å². The summed E-state index contributed by atoms with van der Waals surface area (Å²) in [5.74, 6) is -0.465. The fraction of sp³-hybridized carbons (Fsp3) is 0.364. The van der Waals surface area contributed by atoms with Crippen molar-refractivity contribution < 1.29 is 17.9 Å². The number of nitrogens with one attached hydrogen (secondary N) is 1. The van der Waals surface area contributed by atoms with Gasteiger partial charge in [-0.15, -0.1) is 0 Å². The van der Waals surface area contributed by atoms with Crippen LogP contribution >= 0.6 is 34.2 Å². The van der Waals surface area contributed by atoms with Crippen LogP contribution in [0.4, 0.5) is 5.69 Å². The second-order valence-electron chi connectivity index (χ2n) is 3.88. The highest BCUT2D eigenvalue weighted by Crippen LogP contribution is 2.23. The maximum absolute atomic E-state index is 12.1. The van der Waals surface area contributed by atoms with Gasteiger partial charge >= 0.3 is 16.2 Å². The molecule has 20 heavy (non-hydrogen) atoms. The van der Waals surface area contributed by atoms with E-state index in [1.165, 1.54) is 14.2 Å². The molecule has 0 spiro atoms. The summed E-state index contributed by atoms with van der Waals surface area (Å²) < 4.78 is 32.8. The highest BCUT2D eigenvalue weighted by Gasteiger charge is 2.19. The summed E-state index contributed by atoms with van der Waals surface area (Å²) in [5, 5.41) is 0.524. The number of carbonyl (C=O) groups is 1. The number of methoxy groups -OCH3 is 1. The van der Waals surface area contributed by atoms with Crippen LogP contribution < -0.4 is 4.72 Å². The van der Waals surface area contributed by atoms with Gasteiger partial charge in [0.25, 0.3) is 0 Å². The van der Waals surface area contributed by atoms with E-state index in [1.807, 2.05) is 22.6 Å². The Morgan fingerprint density at radius 1 is 1.50 bits per heavy atom. The SMILES string of the molecule is COC(=O)CCN(C)S(=O)(=O)Nc1ccc(Cl)cc1I. The van der Waals surface area contributed by atoms with Crippen LogP contribution in [0.2, 0.25) is 5.02 Å². The zero-order valence-electron chi connectivity index (χ0n) is 10.9. The van der Waals surface area contributed by atoms with E-state index in [0.717, 1.165) is 4.31 Å². The van der Waals surface area contributed by atoms with E-state index in [2.05, 4.69) is 9.46 Å². The average Bonchev–Trinajstić information content (AvgIpc) is 2.38. The van der Waals surface area contributed by atoms with Gasteiger partial charge in [0.2, 0.25) is 0 Å². The lowest BCUT2D eigenvalue weighted by molar-refractivity contribution is -0.140. The predicted octanol–water partition coefficient (Wildman–Crippen LogP) is 2.10. The first-order valence-corrected chi connectivity index (χ1v) is 8.42. The molecule has 9 heteroatoms. The quantitative estimate of drug-likeness (QED) is 0.552. The number of carbonyl (C=O) groups excluding carboxylic acids is 1. The van der Waals surface area contributed by atoms with E-state index in [-0.39, 0.29) is 13.0 Å². The Kier molecular flexibility index (Phi) is 6.49. The predicted molar refractivity (Wildman–Crippen MR) is 86.0 cm³/mol. The minimum atomic E-state index is -3.72. The topological polar surface area (TPSA) is 75.7 Å². The monoisotopic (exact) mass is 432 g/mol. The van der Waals surface area contributed by atoms with Gasteiger partial charge in [0.1, 0.15) is 0 Å². The Morgan fingerprint density at radius 2 is 2.15 bits per heavy atom. The molecule has 1 aromatic carbocycles. The Balaban J connectivity index is 2.76. The first kappa shape index (κ1) is 17.5. The number of anilines is 1. The summed E-state index contributed by atoms with van der Waals surface area (Å²) in [6, 6.07) is 4.82. The Hall–Kier alpha value is -0.580. The third kappa shape index (κ3) is 5.08. The fourth-order valence-electron chi connectivity index (χ4n) is 1.26. The van der Waals surface area contributed by atoms with Crippen molar-refractivity contribution in [3.05, 3.63) is 26.8 Å². The van der Waals surface area contributed by atoms with Crippen molar-refractivity contribution in [1.82, 2.24) is 4.31 Å². The average molecular weight is 433 g/mol. The lowest BCUT2D eigenvalue weighted by Crippen LogP contribution is -2.34. The molecule has 0 amide bonds. The number of ether oxygens (including phenoxy) is 1. The Labute approximate surface area is 136 Å².